The van der Waals surface area contributed by atoms with Crippen LogP contribution in [0.25, 0.3) is 10.9 Å². The molecule has 0 spiro atoms. The molecule has 1 amide bonds. The van der Waals surface area contributed by atoms with E-state index in [1.807, 2.05) is 50.2 Å². The monoisotopic (exact) mass is 375 g/mol. The molecule has 2 heterocycles. The second-order valence-corrected chi connectivity index (χ2v) is 6.98. The summed E-state index contributed by atoms with van der Waals surface area (Å²) in [6.07, 6.45) is 0.685. The summed E-state index contributed by atoms with van der Waals surface area (Å²) in [5.41, 5.74) is 5.28. The van der Waals surface area contributed by atoms with E-state index in [0.29, 0.717) is 18.7 Å². The van der Waals surface area contributed by atoms with Gasteiger partial charge in [-0.2, -0.15) is 5.10 Å². The molecular formula is C22H21N3O3. The van der Waals surface area contributed by atoms with E-state index in [4.69, 9.17) is 4.74 Å². The maximum atomic E-state index is 12.4. The van der Waals surface area contributed by atoms with Crippen molar-refractivity contribution in [2.24, 2.45) is 5.10 Å². The molecule has 6 nitrogen and oxygen atoms in total. The predicted molar refractivity (Wildman–Crippen MR) is 107 cm³/mol. The molecule has 4 rings (SSSR count). The number of fused-ring (bicyclic) bond motifs is 1. The molecule has 0 unspecified atom stereocenters. The number of carbonyl (C=O) groups excluding carboxylic acids is 2. The third-order valence-corrected chi connectivity index (χ3v) is 4.83. The van der Waals surface area contributed by atoms with Crippen molar-refractivity contribution in [2.75, 3.05) is 13.2 Å². The van der Waals surface area contributed by atoms with Gasteiger partial charge in [-0.15, -0.1) is 0 Å². The zero-order valence-electron chi connectivity index (χ0n) is 15.9. The van der Waals surface area contributed by atoms with Gasteiger partial charge in [0.25, 0.3) is 5.91 Å². The molecule has 0 atom stereocenters. The number of hydrogen-bond donors (Lipinski definition) is 1. The number of amides is 1. The van der Waals surface area contributed by atoms with Gasteiger partial charge in [-0.1, -0.05) is 36.4 Å². The average molecular weight is 375 g/mol. The zero-order valence-corrected chi connectivity index (χ0v) is 15.9. The Bertz CT molecular complexity index is 1080. The first kappa shape index (κ1) is 18.0. The van der Waals surface area contributed by atoms with E-state index in [1.165, 1.54) is 5.01 Å². The van der Waals surface area contributed by atoms with Gasteiger partial charge in [0.15, 0.2) is 6.61 Å². The predicted octanol–water partition coefficient (Wildman–Crippen LogP) is 3.58. The van der Waals surface area contributed by atoms with Crippen LogP contribution in [0.2, 0.25) is 0 Å². The van der Waals surface area contributed by atoms with Crippen LogP contribution in [0.1, 0.15) is 33.6 Å². The number of nitrogens with one attached hydrogen (secondary N) is 1. The summed E-state index contributed by atoms with van der Waals surface area (Å²) in [7, 11) is 0. The highest BCUT2D eigenvalue weighted by Gasteiger charge is 2.23. The minimum atomic E-state index is -0.548. The molecule has 1 N–H and O–H groups in total. The Morgan fingerprint density at radius 1 is 1.14 bits per heavy atom. The van der Waals surface area contributed by atoms with Gasteiger partial charge >= 0.3 is 5.97 Å². The molecule has 2 aromatic carbocycles. The van der Waals surface area contributed by atoms with Crippen LogP contribution in [0.5, 0.6) is 0 Å². The summed E-state index contributed by atoms with van der Waals surface area (Å²) in [4.78, 5) is 27.8. The van der Waals surface area contributed by atoms with Crippen LogP contribution in [0, 0.1) is 13.8 Å². The summed E-state index contributed by atoms with van der Waals surface area (Å²) < 4.78 is 5.21. The van der Waals surface area contributed by atoms with Crippen LogP contribution in [0.3, 0.4) is 0 Å². The molecule has 3 aromatic rings. The van der Waals surface area contributed by atoms with E-state index in [2.05, 4.69) is 16.2 Å². The molecule has 0 bridgehead atoms. The SMILES string of the molecule is Cc1cc(C)c2cc(C(=O)OCC(=O)N3CCC(c4ccccc4)=N3)[nH]c2c1. The number of aromatic nitrogens is 1. The fraction of sp³-hybridized carbons (Fsp3) is 0.227. The second kappa shape index (κ2) is 7.31. The minimum Gasteiger partial charge on any atom is -0.451 e. The number of aryl methyl sites for hydroxylation is 2. The van der Waals surface area contributed by atoms with Crippen molar-refractivity contribution in [1.82, 2.24) is 9.99 Å². The van der Waals surface area contributed by atoms with Crippen molar-refractivity contribution in [1.29, 1.82) is 0 Å². The zero-order chi connectivity index (χ0) is 19.7. The fourth-order valence-corrected chi connectivity index (χ4v) is 3.46. The van der Waals surface area contributed by atoms with Gasteiger partial charge in [-0.25, -0.2) is 9.80 Å². The average Bonchev–Trinajstić information content (AvgIpc) is 3.34. The van der Waals surface area contributed by atoms with Gasteiger partial charge in [0.1, 0.15) is 5.69 Å². The third-order valence-electron chi connectivity index (χ3n) is 4.83. The van der Waals surface area contributed by atoms with Crippen LogP contribution in [-0.4, -0.2) is 40.7 Å². The number of aromatic amines is 1. The lowest BCUT2D eigenvalue weighted by Gasteiger charge is -2.11. The third kappa shape index (κ3) is 3.53. The number of nitrogens with zero attached hydrogens (tertiary/aromatic N) is 2. The standard InChI is InChI=1S/C22H21N3O3/c1-14-10-15(2)17-12-20(23-19(17)11-14)22(27)28-13-21(26)25-9-8-18(24-25)16-6-4-3-5-7-16/h3-7,10-12,23H,8-9,13H2,1-2H3. The van der Waals surface area contributed by atoms with Gasteiger partial charge in [0.2, 0.25) is 0 Å². The lowest BCUT2D eigenvalue weighted by Crippen LogP contribution is -2.28. The molecule has 6 heteroatoms. The summed E-state index contributed by atoms with van der Waals surface area (Å²) in [5.74, 6) is -0.879. The highest BCUT2D eigenvalue weighted by Crippen LogP contribution is 2.22. The Kier molecular flexibility index (Phi) is 4.69. The Morgan fingerprint density at radius 3 is 2.71 bits per heavy atom. The highest BCUT2D eigenvalue weighted by molar-refractivity contribution is 6.03. The topological polar surface area (TPSA) is 74.8 Å². The fourth-order valence-electron chi connectivity index (χ4n) is 3.46. The molecule has 1 aromatic heterocycles. The first-order valence-corrected chi connectivity index (χ1v) is 9.21. The Labute approximate surface area is 162 Å². The first-order valence-electron chi connectivity index (χ1n) is 9.21. The number of H-pyrrole nitrogens is 1. The van der Waals surface area contributed by atoms with E-state index in [0.717, 1.165) is 33.3 Å². The van der Waals surface area contributed by atoms with Crippen LogP contribution < -0.4 is 0 Å². The van der Waals surface area contributed by atoms with Gasteiger partial charge in [0, 0.05) is 17.3 Å². The quantitative estimate of drug-likeness (QED) is 0.708. The van der Waals surface area contributed by atoms with E-state index >= 15 is 0 Å². The molecule has 0 aliphatic carbocycles. The molecule has 1 aliphatic heterocycles. The smallest absolute Gasteiger partial charge is 0.355 e. The van der Waals surface area contributed by atoms with E-state index in [1.54, 1.807) is 6.07 Å². The van der Waals surface area contributed by atoms with Crippen molar-refractivity contribution in [3.63, 3.8) is 0 Å². The molecule has 0 radical (unpaired) electrons. The normalized spacial score (nSPS) is 13.6. The number of rotatable bonds is 4. The maximum absolute atomic E-state index is 12.4. The lowest BCUT2D eigenvalue weighted by atomic mass is 10.1. The number of esters is 1. The van der Waals surface area contributed by atoms with Crippen molar-refractivity contribution in [2.45, 2.75) is 20.3 Å². The number of ether oxygens (including phenoxy) is 1. The summed E-state index contributed by atoms with van der Waals surface area (Å²) in [5, 5.41) is 6.71. The second-order valence-electron chi connectivity index (χ2n) is 6.98. The van der Waals surface area contributed by atoms with E-state index in [-0.39, 0.29) is 12.5 Å². The molecule has 0 saturated heterocycles. The van der Waals surface area contributed by atoms with Crippen molar-refractivity contribution >= 4 is 28.5 Å². The summed E-state index contributed by atoms with van der Waals surface area (Å²) >= 11 is 0. The summed E-state index contributed by atoms with van der Waals surface area (Å²) in [6, 6.07) is 15.5. The van der Waals surface area contributed by atoms with E-state index in [9.17, 15) is 9.59 Å². The number of hydrogen-bond acceptors (Lipinski definition) is 4. The van der Waals surface area contributed by atoms with Crippen molar-refractivity contribution in [3.05, 3.63) is 70.9 Å². The maximum Gasteiger partial charge on any atom is 0.355 e. The van der Waals surface area contributed by atoms with Crippen LogP contribution in [-0.2, 0) is 9.53 Å². The van der Waals surface area contributed by atoms with Gasteiger partial charge in [0.05, 0.1) is 12.3 Å². The number of benzene rings is 2. The van der Waals surface area contributed by atoms with Crippen molar-refractivity contribution < 1.29 is 14.3 Å². The van der Waals surface area contributed by atoms with Gasteiger partial charge in [-0.05, 0) is 42.7 Å². The van der Waals surface area contributed by atoms with Crippen LogP contribution in [0.15, 0.2) is 53.6 Å². The van der Waals surface area contributed by atoms with Gasteiger partial charge in [-0.3, -0.25) is 4.79 Å². The molecule has 28 heavy (non-hydrogen) atoms. The molecular weight excluding hydrogens is 354 g/mol. The minimum absolute atomic E-state index is 0.331. The molecule has 0 saturated carbocycles. The van der Waals surface area contributed by atoms with E-state index < -0.39 is 5.97 Å². The van der Waals surface area contributed by atoms with Crippen LogP contribution >= 0.6 is 0 Å². The van der Waals surface area contributed by atoms with Crippen molar-refractivity contribution in [3.8, 4) is 0 Å². The summed E-state index contributed by atoms with van der Waals surface area (Å²) in [6.45, 7) is 4.16. The largest absolute Gasteiger partial charge is 0.451 e. The Morgan fingerprint density at radius 2 is 1.93 bits per heavy atom. The number of hydrazone groups is 1. The lowest BCUT2D eigenvalue weighted by molar-refractivity contribution is -0.134. The van der Waals surface area contributed by atoms with Crippen LogP contribution in [0.4, 0.5) is 0 Å². The van der Waals surface area contributed by atoms with Gasteiger partial charge < -0.3 is 9.72 Å². The number of carbonyl (C=O) groups is 2. The Balaban J connectivity index is 1.40. The highest BCUT2D eigenvalue weighted by atomic mass is 16.5. The molecule has 142 valence electrons. The molecule has 1 aliphatic rings. The molecule has 0 fully saturated rings. The first-order chi connectivity index (χ1) is 13.5. The Hall–Kier alpha value is -3.41.